The Morgan fingerprint density at radius 1 is 1.15 bits per heavy atom. The zero-order valence-electron chi connectivity index (χ0n) is 12.4. The molecule has 1 aromatic heterocycles. The number of aryl methyl sites for hydroxylation is 1. The third-order valence-electron chi connectivity index (χ3n) is 3.15. The first-order valence-electron chi connectivity index (χ1n) is 6.70. The van der Waals surface area contributed by atoms with Crippen LogP contribution in [0.4, 0.5) is 0 Å². The number of hydrogen-bond acceptors (Lipinski definition) is 2. The minimum atomic E-state index is 0.163. The normalized spacial score (nSPS) is 11.4. The van der Waals surface area contributed by atoms with E-state index in [2.05, 4.69) is 79.5 Å². The zero-order valence-corrected chi connectivity index (χ0v) is 14.6. The highest BCUT2D eigenvalue weighted by molar-refractivity contribution is 14.1. The molecule has 106 valence electrons. The van der Waals surface area contributed by atoms with Gasteiger partial charge < -0.3 is 4.74 Å². The number of pyridine rings is 1. The van der Waals surface area contributed by atoms with Crippen LogP contribution < -0.4 is 4.74 Å². The zero-order chi connectivity index (χ0) is 14.8. The predicted octanol–water partition coefficient (Wildman–Crippen LogP) is 4.87. The molecule has 0 amide bonds. The summed E-state index contributed by atoms with van der Waals surface area (Å²) in [5.41, 5.74) is 3.65. The lowest BCUT2D eigenvalue weighted by Gasteiger charge is -2.20. The monoisotopic (exact) mass is 381 g/mol. The largest absolute Gasteiger partial charge is 0.486 e. The summed E-state index contributed by atoms with van der Waals surface area (Å²) in [4.78, 5) is 4.31. The average molecular weight is 381 g/mol. The number of halogens is 1. The highest BCUT2D eigenvalue weighted by Gasteiger charge is 2.15. The van der Waals surface area contributed by atoms with E-state index in [0.717, 1.165) is 15.0 Å². The Morgan fingerprint density at radius 3 is 2.50 bits per heavy atom. The van der Waals surface area contributed by atoms with Crippen LogP contribution in [0.3, 0.4) is 0 Å². The first-order chi connectivity index (χ1) is 9.36. The van der Waals surface area contributed by atoms with Gasteiger partial charge in [-0.2, -0.15) is 0 Å². The smallest absolute Gasteiger partial charge is 0.133 e. The van der Waals surface area contributed by atoms with Gasteiger partial charge in [0.15, 0.2) is 0 Å². The van der Waals surface area contributed by atoms with Gasteiger partial charge in [0, 0.05) is 6.20 Å². The van der Waals surface area contributed by atoms with Crippen LogP contribution >= 0.6 is 22.6 Å². The third-order valence-corrected chi connectivity index (χ3v) is 3.99. The summed E-state index contributed by atoms with van der Waals surface area (Å²) in [5, 5.41) is 0. The van der Waals surface area contributed by atoms with Crippen LogP contribution in [-0.2, 0) is 12.0 Å². The number of nitrogens with zero attached hydrogens (tertiary/aromatic N) is 1. The summed E-state index contributed by atoms with van der Waals surface area (Å²) in [5.74, 6) is 0.918. The van der Waals surface area contributed by atoms with Crippen molar-refractivity contribution in [1.82, 2.24) is 4.98 Å². The number of rotatable bonds is 3. The van der Waals surface area contributed by atoms with Gasteiger partial charge in [-0.25, -0.2) is 0 Å². The molecule has 0 atom stereocenters. The van der Waals surface area contributed by atoms with E-state index in [0.29, 0.717) is 6.61 Å². The second-order valence-electron chi connectivity index (χ2n) is 6.01. The molecule has 0 saturated carbocycles. The maximum Gasteiger partial charge on any atom is 0.133 e. The molecule has 0 aliphatic carbocycles. The molecule has 0 fully saturated rings. The first-order valence-corrected chi connectivity index (χ1v) is 7.78. The van der Waals surface area contributed by atoms with Crippen molar-refractivity contribution in [2.24, 2.45) is 0 Å². The second-order valence-corrected chi connectivity index (χ2v) is 7.17. The van der Waals surface area contributed by atoms with Crippen molar-refractivity contribution in [2.45, 2.75) is 39.7 Å². The molecular weight excluding hydrogens is 361 g/mol. The van der Waals surface area contributed by atoms with Crippen LogP contribution in [-0.4, -0.2) is 4.98 Å². The van der Waals surface area contributed by atoms with Crippen molar-refractivity contribution in [3.8, 4) is 5.75 Å². The van der Waals surface area contributed by atoms with Crippen LogP contribution in [0.2, 0.25) is 0 Å². The minimum absolute atomic E-state index is 0.163. The lowest BCUT2D eigenvalue weighted by atomic mass is 9.87. The van der Waals surface area contributed by atoms with E-state index >= 15 is 0 Å². The average Bonchev–Trinajstić information content (AvgIpc) is 2.36. The van der Waals surface area contributed by atoms with Crippen LogP contribution in [0.15, 0.2) is 36.5 Å². The van der Waals surface area contributed by atoms with Crippen LogP contribution in [0.5, 0.6) is 5.75 Å². The Labute approximate surface area is 134 Å². The highest BCUT2D eigenvalue weighted by atomic mass is 127. The second kappa shape index (κ2) is 6.12. The van der Waals surface area contributed by atoms with E-state index in [1.165, 1.54) is 11.1 Å². The van der Waals surface area contributed by atoms with Gasteiger partial charge in [-0.3, -0.25) is 4.98 Å². The van der Waals surface area contributed by atoms with Gasteiger partial charge in [-0.1, -0.05) is 26.8 Å². The molecule has 0 saturated heterocycles. The summed E-state index contributed by atoms with van der Waals surface area (Å²) in [6.45, 7) is 9.22. The molecule has 2 nitrogen and oxygen atoms in total. The van der Waals surface area contributed by atoms with Gasteiger partial charge in [-0.05, 0) is 70.3 Å². The van der Waals surface area contributed by atoms with Crippen molar-refractivity contribution in [2.75, 3.05) is 0 Å². The molecule has 0 radical (unpaired) electrons. The van der Waals surface area contributed by atoms with Gasteiger partial charge in [0.2, 0.25) is 0 Å². The third kappa shape index (κ3) is 3.95. The molecule has 1 heterocycles. The fraction of sp³-hybridized carbons (Fsp3) is 0.353. The number of aromatic nitrogens is 1. The molecular formula is C17H20INO. The van der Waals surface area contributed by atoms with Gasteiger partial charge >= 0.3 is 0 Å². The van der Waals surface area contributed by atoms with E-state index in [4.69, 9.17) is 4.74 Å². The summed E-state index contributed by atoms with van der Waals surface area (Å²) in [6.07, 6.45) is 1.82. The number of benzene rings is 1. The Hall–Kier alpha value is -1.10. The summed E-state index contributed by atoms with van der Waals surface area (Å²) < 4.78 is 7.02. The van der Waals surface area contributed by atoms with Crippen LogP contribution in [0.25, 0.3) is 0 Å². The number of ether oxygens (including phenoxy) is 1. The van der Waals surface area contributed by atoms with E-state index in [-0.39, 0.29) is 5.41 Å². The predicted molar refractivity (Wildman–Crippen MR) is 91.2 cm³/mol. The molecule has 2 aromatic rings. The van der Waals surface area contributed by atoms with E-state index < -0.39 is 0 Å². The molecule has 3 heteroatoms. The topological polar surface area (TPSA) is 22.1 Å². The molecule has 2 rings (SSSR count). The first kappa shape index (κ1) is 15.3. The SMILES string of the molecule is Cc1ccnc(COc2ccc(C(C)(C)C)cc2I)c1. The van der Waals surface area contributed by atoms with Crippen molar-refractivity contribution >= 4 is 22.6 Å². The van der Waals surface area contributed by atoms with Crippen LogP contribution in [0.1, 0.15) is 37.6 Å². The fourth-order valence-electron chi connectivity index (χ4n) is 1.91. The Morgan fingerprint density at radius 2 is 1.90 bits per heavy atom. The molecule has 0 N–H and O–H groups in total. The van der Waals surface area contributed by atoms with E-state index in [1.54, 1.807) is 0 Å². The molecule has 0 aliphatic rings. The van der Waals surface area contributed by atoms with E-state index in [9.17, 15) is 0 Å². The van der Waals surface area contributed by atoms with Crippen LogP contribution in [0, 0.1) is 10.5 Å². The van der Waals surface area contributed by atoms with Gasteiger partial charge in [0.25, 0.3) is 0 Å². The van der Waals surface area contributed by atoms with Gasteiger partial charge in [0.05, 0.1) is 9.26 Å². The molecule has 0 bridgehead atoms. The molecule has 0 aliphatic heterocycles. The maximum absolute atomic E-state index is 5.88. The maximum atomic E-state index is 5.88. The van der Waals surface area contributed by atoms with Crippen molar-refractivity contribution in [3.63, 3.8) is 0 Å². The van der Waals surface area contributed by atoms with Crippen molar-refractivity contribution in [1.29, 1.82) is 0 Å². The van der Waals surface area contributed by atoms with Gasteiger partial charge in [0.1, 0.15) is 12.4 Å². The molecule has 1 aromatic carbocycles. The summed E-state index contributed by atoms with van der Waals surface area (Å²) in [7, 11) is 0. The van der Waals surface area contributed by atoms with E-state index in [1.807, 2.05) is 12.3 Å². The Bertz CT molecular complexity index is 602. The highest BCUT2D eigenvalue weighted by Crippen LogP contribution is 2.29. The standard InChI is InChI=1S/C17H20INO/c1-12-7-8-19-14(9-12)11-20-16-6-5-13(10-15(16)18)17(2,3)4/h5-10H,11H2,1-4H3. The minimum Gasteiger partial charge on any atom is -0.486 e. The fourth-order valence-corrected chi connectivity index (χ4v) is 2.58. The van der Waals surface area contributed by atoms with Gasteiger partial charge in [-0.15, -0.1) is 0 Å². The number of hydrogen-bond donors (Lipinski definition) is 0. The molecule has 0 unspecified atom stereocenters. The lowest BCUT2D eigenvalue weighted by molar-refractivity contribution is 0.299. The Balaban J connectivity index is 2.11. The molecule has 20 heavy (non-hydrogen) atoms. The Kier molecular flexibility index (Phi) is 4.68. The summed E-state index contributed by atoms with van der Waals surface area (Å²) in [6, 6.07) is 10.4. The quantitative estimate of drug-likeness (QED) is 0.708. The van der Waals surface area contributed by atoms with Crippen molar-refractivity contribution in [3.05, 3.63) is 56.9 Å². The molecule has 0 spiro atoms. The summed E-state index contributed by atoms with van der Waals surface area (Å²) >= 11 is 2.33. The van der Waals surface area contributed by atoms with Crippen molar-refractivity contribution < 1.29 is 4.74 Å². The lowest BCUT2D eigenvalue weighted by Crippen LogP contribution is -2.11.